The van der Waals surface area contributed by atoms with Gasteiger partial charge in [-0.2, -0.15) is 0 Å². The highest BCUT2D eigenvalue weighted by molar-refractivity contribution is 5.95. The monoisotopic (exact) mass is 361 g/mol. The Morgan fingerprint density at radius 3 is 2.67 bits per heavy atom. The third-order valence-corrected chi connectivity index (χ3v) is 7.20. The number of benzene rings is 2. The maximum atomic E-state index is 12.9. The van der Waals surface area contributed by atoms with Crippen molar-refractivity contribution in [2.45, 2.75) is 50.7 Å². The van der Waals surface area contributed by atoms with Gasteiger partial charge in [-0.15, -0.1) is 0 Å². The van der Waals surface area contributed by atoms with E-state index in [1.165, 1.54) is 38.5 Å². The minimum atomic E-state index is 0.0748. The van der Waals surface area contributed by atoms with Crippen molar-refractivity contribution < 1.29 is 9.53 Å². The molecule has 3 fully saturated rings. The van der Waals surface area contributed by atoms with Gasteiger partial charge in [0.25, 0.3) is 5.91 Å². The summed E-state index contributed by atoms with van der Waals surface area (Å²) in [6.07, 6.45) is 7.69. The molecule has 140 valence electrons. The Kier molecular flexibility index (Phi) is 4.18. The van der Waals surface area contributed by atoms with Crippen LogP contribution in [0.4, 0.5) is 0 Å². The average Bonchev–Trinajstić information content (AvgIpc) is 3.41. The quantitative estimate of drug-likeness (QED) is 0.817. The first-order valence-corrected chi connectivity index (χ1v) is 10.3. The van der Waals surface area contributed by atoms with Crippen molar-refractivity contribution in [3.05, 3.63) is 65.7 Å². The average molecular weight is 361 g/mol. The predicted molar refractivity (Wildman–Crippen MR) is 106 cm³/mol. The van der Waals surface area contributed by atoms with E-state index in [1.807, 2.05) is 54.6 Å². The fraction of sp³-hybridized carbons (Fsp3) is 0.458. The number of nitrogens with one attached hydrogen (secondary N) is 1. The second-order valence-electron chi connectivity index (χ2n) is 8.61. The maximum Gasteiger partial charge on any atom is 0.251 e. The number of carbonyl (C=O) groups is 1. The standard InChI is InChI=1S/C24H27NO2/c26-23(25-24-14-13-19(15-24)21-7-4-8-22(21)24)18-9-11-20(12-10-18)27-16-17-5-2-1-3-6-17/h1-3,5-6,9-12,19,21-22H,4,7-8,13-16H2,(H,25,26). The zero-order chi connectivity index (χ0) is 18.3. The summed E-state index contributed by atoms with van der Waals surface area (Å²) in [5.74, 6) is 3.32. The molecule has 2 aromatic rings. The summed E-state index contributed by atoms with van der Waals surface area (Å²) in [6, 6.07) is 17.7. The van der Waals surface area contributed by atoms with Crippen LogP contribution in [0.5, 0.6) is 5.75 Å². The fourth-order valence-electron chi connectivity index (χ4n) is 6.00. The maximum absolute atomic E-state index is 12.9. The van der Waals surface area contributed by atoms with Crippen LogP contribution < -0.4 is 10.1 Å². The van der Waals surface area contributed by atoms with E-state index in [4.69, 9.17) is 4.74 Å². The molecule has 0 saturated heterocycles. The summed E-state index contributed by atoms with van der Waals surface area (Å²) < 4.78 is 5.83. The van der Waals surface area contributed by atoms with Crippen molar-refractivity contribution in [3.63, 3.8) is 0 Å². The van der Waals surface area contributed by atoms with Crippen molar-refractivity contribution in [3.8, 4) is 5.75 Å². The van der Waals surface area contributed by atoms with Crippen molar-refractivity contribution >= 4 is 5.91 Å². The number of rotatable bonds is 5. The highest BCUT2D eigenvalue weighted by Gasteiger charge is 2.59. The van der Waals surface area contributed by atoms with E-state index >= 15 is 0 Å². The van der Waals surface area contributed by atoms with Crippen molar-refractivity contribution in [2.24, 2.45) is 17.8 Å². The first-order chi connectivity index (χ1) is 13.2. The van der Waals surface area contributed by atoms with Crippen LogP contribution in [0.15, 0.2) is 54.6 Å². The lowest BCUT2D eigenvalue weighted by Crippen LogP contribution is -2.50. The van der Waals surface area contributed by atoms with Gasteiger partial charge in [0.2, 0.25) is 0 Å². The molecule has 1 N–H and O–H groups in total. The Labute approximate surface area is 161 Å². The normalized spacial score (nSPS) is 30.9. The molecule has 0 aromatic heterocycles. The molecule has 3 heteroatoms. The van der Waals surface area contributed by atoms with Crippen LogP contribution in [0, 0.1) is 17.8 Å². The Morgan fingerprint density at radius 2 is 1.85 bits per heavy atom. The first kappa shape index (κ1) is 16.9. The van der Waals surface area contributed by atoms with E-state index in [2.05, 4.69) is 5.32 Å². The van der Waals surface area contributed by atoms with Crippen LogP contribution in [-0.2, 0) is 6.61 Å². The minimum Gasteiger partial charge on any atom is -0.489 e. The van der Waals surface area contributed by atoms with Crippen LogP contribution in [0.25, 0.3) is 0 Å². The Morgan fingerprint density at radius 1 is 1.04 bits per heavy atom. The summed E-state index contributed by atoms with van der Waals surface area (Å²) in [7, 11) is 0. The summed E-state index contributed by atoms with van der Waals surface area (Å²) in [4.78, 5) is 12.9. The van der Waals surface area contributed by atoms with Gasteiger partial charge in [0.05, 0.1) is 0 Å². The summed E-state index contributed by atoms with van der Waals surface area (Å²) in [5, 5.41) is 3.47. The number of hydrogen-bond donors (Lipinski definition) is 1. The molecular weight excluding hydrogens is 334 g/mol. The third-order valence-electron chi connectivity index (χ3n) is 7.20. The molecule has 3 aliphatic carbocycles. The largest absolute Gasteiger partial charge is 0.489 e. The van der Waals surface area contributed by atoms with Crippen molar-refractivity contribution in [1.82, 2.24) is 5.32 Å². The molecular formula is C24H27NO2. The van der Waals surface area contributed by atoms with Crippen LogP contribution in [0.3, 0.4) is 0 Å². The molecule has 1 amide bonds. The molecule has 4 atom stereocenters. The molecule has 0 heterocycles. The highest BCUT2D eigenvalue weighted by atomic mass is 16.5. The second kappa shape index (κ2) is 6.70. The number of hydrogen-bond acceptors (Lipinski definition) is 2. The van der Waals surface area contributed by atoms with Crippen LogP contribution >= 0.6 is 0 Å². The van der Waals surface area contributed by atoms with E-state index in [0.29, 0.717) is 12.5 Å². The Balaban J connectivity index is 1.23. The molecule has 0 radical (unpaired) electrons. The van der Waals surface area contributed by atoms with Crippen LogP contribution in [0.1, 0.15) is 54.4 Å². The molecule has 3 saturated carbocycles. The SMILES string of the molecule is O=C(NC12CCC(C1)C1CCCC12)c1ccc(OCc2ccccc2)cc1. The van der Waals surface area contributed by atoms with Gasteiger partial charge in [0, 0.05) is 11.1 Å². The lowest BCUT2D eigenvalue weighted by Gasteiger charge is -2.36. The molecule has 3 nitrogen and oxygen atoms in total. The topological polar surface area (TPSA) is 38.3 Å². The van der Waals surface area contributed by atoms with Gasteiger partial charge in [0.15, 0.2) is 0 Å². The van der Waals surface area contributed by atoms with Crippen LogP contribution in [0.2, 0.25) is 0 Å². The molecule has 27 heavy (non-hydrogen) atoms. The van der Waals surface area contributed by atoms with Gasteiger partial charge >= 0.3 is 0 Å². The second-order valence-corrected chi connectivity index (χ2v) is 8.61. The molecule has 2 aromatic carbocycles. The van der Waals surface area contributed by atoms with E-state index in [9.17, 15) is 4.79 Å². The molecule has 5 rings (SSSR count). The van der Waals surface area contributed by atoms with E-state index in [1.54, 1.807) is 0 Å². The molecule has 2 bridgehead atoms. The van der Waals surface area contributed by atoms with Crippen molar-refractivity contribution in [1.29, 1.82) is 0 Å². The number of fused-ring (bicyclic) bond motifs is 5. The Hall–Kier alpha value is -2.29. The third kappa shape index (κ3) is 3.03. The fourth-order valence-corrected chi connectivity index (χ4v) is 6.00. The van der Waals surface area contributed by atoms with Gasteiger partial charge in [-0.1, -0.05) is 36.8 Å². The van der Waals surface area contributed by atoms with E-state index < -0.39 is 0 Å². The van der Waals surface area contributed by atoms with Gasteiger partial charge in [-0.05, 0) is 79.7 Å². The molecule has 3 aliphatic rings. The molecule has 4 unspecified atom stereocenters. The first-order valence-electron chi connectivity index (χ1n) is 10.3. The zero-order valence-electron chi connectivity index (χ0n) is 15.7. The molecule has 0 aliphatic heterocycles. The van der Waals surface area contributed by atoms with E-state index in [-0.39, 0.29) is 11.4 Å². The minimum absolute atomic E-state index is 0.0748. The number of amides is 1. The summed E-state index contributed by atoms with van der Waals surface area (Å²) in [6.45, 7) is 0.542. The summed E-state index contributed by atoms with van der Waals surface area (Å²) >= 11 is 0. The van der Waals surface area contributed by atoms with Crippen molar-refractivity contribution in [2.75, 3.05) is 0 Å². The lowest BCUT2D eigenvalue weighted by molar-refractivity contribution is 0.0853. The van der Waals surface area contributed by atoms with Gasteiger partial charge < -0.3 is 10.1 Å². The van der Waals surface area contributed by atoms with Gasteiger partial charge in [-0.25, -0.2) is 0 Å². The molecule has 0 spiro atoms. The summed E-state index contributed by atoms with van der Waals surface area (Å²) in [5.41, 5.74) is 1.95. The smallest absolute Gasteiger partial charge is 0.251 e. The van der Waals surface area contributed by atoms with Gasteiger partial charge in [0.1, 0.15) is 12.4 Å². The van der Waals surface area contributed by atoms with E-state index in [0.717, 1.165) is 28.7 Å². The van der Waals surface area contributed by atoms with Crippen LogP contribution in [-0.4, -0.2) is 11.4 Å². The predicted octanol–water partition coefficient (Wildman–Crippen LogP) is 4.96. The number of ether oxygens (including phenoxy) is 1. The highest BCUT2D eigenvalue weighted by Crippen LogP contribution is 2.60. The number of carbonyl (C=O) groups excluding carboxylic acids is 1. The van der Waals surface area contributed by atoms with Gasteiger partial charge in [-0.3, -0.25) is 4.79 Å². The Bertz CT molecular complexity index is 816. The zero-order valence-corrected chi connectivity index (χ0v) is 15.7. The lowest BCUT2D eigenvalue weighted by atomic mass is 9.77.